The second-order valence-corrected chi connectivity index (χ2v) is 6.32. The van der Waals surface area contributed by atoms with E-state index in [1.807, 2.05) is 0 Å². The van der Waals surface area contributed by atoms with Gasteiger partial charge in [-0.25, -0.2) is 0 Å². The summed E-state index contributed by atoms with van der Waals surface area (Å²) in [4.78, 5) is 18.6. The van der Waals surface area contributed by atoms with Crippen molar-refractivity contribution in [2.24, 2.45) is 0 Å². The second-order valence-electron chi connectivity index (χ2n) is 6.32. The Labute approximate surface area is 212 Å². The number of aliphatic carboxylic acids is 1. The summed E-state index contributed by atoms with van der Waals surface area (Å²) in [7, 11) is 0. The maximum atomic E-state index is 10.2. The van der Waals surface area contributed by atoms with Gasteiger partial charge in [0.1, 0.15) is 0 Å². The van der Waals surface area contributed by atoms with Crippen molar-refractivity contribution < 1.29 is 54.5 Å². The van der Waals surface area contributed by atoms with Gasteiger partial charge >= 0.3 is 67.3 Å². The maximum Gasteiger partial charge on any atom is 2.00 e. The van der Waals surface area contributed by atoms with E-state index in [-0.39, 0.29) is 73.7 Å². The van der Waals surface area contributed by atoms with Crippen molar-refractivity contribution in [3.63, 3.8) is 0 Å². The van der Waals surface area contributed by atoms with Crippen molar-refractivity contribution in [3.8, 4) is 0 Å². The molecule has 0 atom stereocenters. The fourth-order valence-electron chi connectivity index (χ4n) is 2.64. The van der Waals surface area contributed by atoms with E-state index in [0.717, 1.165) is 12.8 Å². The Bertz CT molecular complexity index is 287. The minimum absolute atomic E-state index is 0. The van der Waals surface area contributed by atoms with E-state index in [4.69, 9.17) is 15.0 Å². The second kappa shape index (κ2) is 30.7. The van der Waals surface area contributed by atoms with Crippen molar-refractivity contribution in [2.75, 3.05) is 0 Å². The van der Waals surface area contributed by atoms with Gasteiger partial charge in [-0.05, 0) is 19.0 Å². The minimum atomic E-state index is -2.33. The van der Waals surface area contributed by atoms with Crippen molar-refractivity contribution in [1.82, 2.24) is 0 Å². The summed E-state index contributed by atoms with van der Waals surface area (Å²) in [6, 6.07) is 0. The van der Waals surface area contributed by atoms with E-state index >= 15 is 0 Å². The fourth-order valence-corrected chi connectivity index (χ4v) is 2.64. The zero-order valence-corrected chi connectivity index (χ0v) is 21.3. The first-order valence-electron chi connectivity index (χ1n) is 9.58. The molecule has 7 heteroatoms. The Kier molecular flexibility index (Phi) is 40.8. The third kappa shape index (κ3) is 44.4. The van der Waals surface area contributed by atoms with Gasteiger partial charge in [0, 0.05) is 5.97 Å². The molecule has 0 heterocycles. The van der Waals surface area contributed by atoms with Gasteiger partial charge in [-0.1, -0.05) is 96.8 Å². The number of carboxylic acid groups (broad SMARTS) is 3. The Balaban J connectivity index is -0.000000363. The molecule has 0 aromatic carbocycles. The van der Waals surface area contributed by atoms with Crippen molar-refractivity contribution >= 4 is 49.9 Å². The predicted octanol–water partition coefficient (Wildman–Crippen LogP) is -0.826. The quantitative estimate of drug-likeness (QED) is 0.246. The molecule has 0 aromatic heterocycles. The molecule has 0 saturated heterocycles. The minimum Gasteiger partial charge on any atom is -0.652 e. The molecule has 0 fully saturated rings. The van der Waals surface area contributed by atoms with Crippen LogP contribution in [0.3, 0.4) is 0 Å². The molecule has 0 bridgehead atoms. The van der Waals surface area contributed by atoms with Crippen LogP contribution in [0, 0.1) is 0 Å². The van der Waals surface area contributed by atoms with E-state index in [9.17, 15) is 9.90 Å². The number of unbranched alkanes of at least 4 members (excludes halogenated alkanes) is 14. The molecule has 0 aliphatic rings. The van der Waals surface area contributed by atoms with Crippen LogP contribution in [-0.4, -0.2) is 49.9 Å². The molecule has 0 unspecified atom stereocenters. The van der Waals surface area contributed by atoms with Crippen LogP contribution in [0.4, 0.5) is 4.79 Å². The van der Waals surface area contributed by atoms with E-state index in [1.165, 1.54) is 83.5 Å². The Morgan fingerprint density at radius 3 is 1.04 bits per heavy atom. The monoisotopic (exact) mass is 406 g/mol. The molecule has 0 amide bonds. The molecule has 0 aliphatic heterocycles. The van der Waals surface area contributed by atoms with Gasteiger partial charge in [-0.3, -0.25) is 0 Å². The van der Waals surface area contributed by atoms with Crippen LogP contribution in [0.15, 0.2) is 0 Å². The molecule has 144 valence electrons. The van der Waals surface area contributed by atoms with Crippen molar-refractivity contribution in [1.29, 1.82) is 0 Å². The van der Waals surface area contributed by atoms with E-state index in [2.05, 4.69) is 6.92 Å². The van der Waals surface area contributed by atoms with Crippen LogP contribution in [0.5, 0.6) is 0 Å². The van der Waals surface area contributed by atoms with Crippen LogP contribution in [0.2, 0.25) is 0 Å². The predicted molar refractivity (Wildman–Crippen MR) is 95.7 cm³/mol. The molecule has 0 saturated carbocycles. The molecule has 0 N–H and O–H groups in total. The Morgan fingerprint density at radius 1 is 0.577 bits per heavy atom. The molecule has 0 aliphatic carbocycles. The SMILES string of the molecule is CCCCCCCCCCCCCCCCCC(=O)[O-].O=C([O-])[O-].[Ca+2].[Na+]. The Morgan fingerprint density at radius 2 is 0.808 bits per heavy atom. The van der Waals surface area contributed by atoms with Gasteiger partial charge in [-0.2, -0.15) is 0 Å². The number of hydrogen-bond donors (Lipinski definition) is 0. The van der Waals surface area contributed by atoms with Crippen molar-refractivity contribution in [3.05, 3.63) is 0 Å². The average Bonchev–Trinajstić information content (AvgIpc) is 2.50. The molecule has 0 rings (SSSR count). The third-order valence-electron chi connectivity index (χ3n) is 3.98. The number of carbonyl (C=O) groups excluding carboxylic acids is 2. The summed E-state index contributed by atoms with van der Waals surface area (Å²) in [5.41, 5.74) is 0. The summed E-state index contributed by atoms with van der Waals surface area (Å²) in [5.74, 6) is -0.903. The third-order valence-corrected chi connectivity index (χ3v) is 3.98. The standard InChI is InChI=1S/C18H36O2.CH2O3.Ca.Na/c1-2-3-4-5-6-7-8-9-10-11-12-13-14-15-16-17-18(19)20;2-1(3)4;;/h2-17H2,1H3,(H,19,20);(H2,2,3,4);;/q;;+2;+1/p-3. The molecule has 0 radical (unpaired) electrons. The zero-order chi connectivity index (χ0) is 18.5. The average molecular weight is 407 g/mol. The molecular weight excluding hydrogens is 371 g/mol. The number of carboxylic acids is 1. The molecule has 0 spiro atoms. The van der Waals surface area contributed by atoms with Crippen LogP contribution in [-0.2, 0) is 4.79 Å². The molecule has 26 heavy (non-hydrogen) atoms. The number of hydrogen-bond acceptors (Lipinski definition) is 5. The number of carbonyl (C=O) groups is 2. The summed E-state index contributed by atoms with van der Waals surface area (Å²) in [6.07, 6.45) is 17.5. The van der Waals surface area contributed by atoms with Gasteiger partial charge in [0.25, 0.3) is 0 Å². The van der Waals surface area contributed by atoms with Gasteiger partial charge in [0.05, 0.1) is 0 Å². The van der Waals surface area contributed by atoms with Gasteiger partial charge < -0.3 is 24.9 Å². The summed E-state index contributed by atoms with van der Waals surface area (Å²) in [5, 5.41) is 26.9. The van der Waals surface area contributed by atoms with E-state index < -0.39 is 12.1 Å². The van der Waals surface area contributed by atoms with Crippen molar-refractivity contribution in [2.45, 2.75) is 110 Å². The van der Waals surface area contributed by atoms with Crippen LogP contribution in [0.25, 0.3) is 0 Å². The van der Waals surface area contributed by atoms with Crippen LogP contribution in [0.1, 0.15) is 110 Å². The topological polar surface area (TPSA) is 103 Å². The largest absolute Gasteiger partial charge is 2.00 e. The fraction of sp³-hybridized carbons (Fsp3) is 0.895. The normalized spacial score (nSPS) is 9.27. The number of rotatable bonds is 16. The van der Waals surface area contributed by atoms with E-state index in [0.29, 0.717) is 0 Å². The molecular formula is C19H35CaNaO5. The maximum absolute atomic E-state index is 10.2. The summed E-state index contributed by atoms with van der Waals surface area (Å²) < 4.78 is 0. The Hall–Kier alpha value is 1.000. The smallest absolute Gasteiger partial charge is 0.652 e. The van der Waals surface area contributed by atoms with Gasteiger partial charge in [0.15, 0.2) is 0 Å². The first kappa shape index (κ1) is 34.5. The molecule has 0 aromatic rings. The van der Waals surface area contributed by atoms with Gasteiger partial charge in [-0.15, -0.1) is 0 Å². The zero-order valence-electron chi connectivity index (χ0n) is 17.1. The van der Waals surface area contributed by atoms with Gasteiger partial charge in [0.2, 0.25) is 0 Å². The summed E-state index contributed by atoms with van der Waals surface area (Å²) in [6.45, 7) is 2.27. The van der Waals surface area contributed by atoms with Crippen LogP contribution < -0.4 is 44.9 Å². The molecule has 5 nitrogen and oxygen atoms in total. The van der Waals surface area contributed by atoms with E-state index in [1.54, 1.807) is 0 Å². The first-order chi connectivity index (χ1) is 11.5. The first-order valence-corrected chi connectivity index (χ1v) is 9.58. The summed E-state index contributed by atoms with van der Waals surface area (Å²) >= 11 is 0. The van der Waals surface area contributed by atoms with Crippen LogP contribution >= 0.6 is 0 Å².